The van der Waals surface area contributed by atoms with E-state index in [2.05, 4.69) is 15.9 Å². The predicted octanol–water partition coefficient (Wildman–Crippen LogP) is 2.73. The van der Waals surface area contributed by atoms with Crippen molar-refractivity contribution in [1.82, 2.24) is 4.90 Å². The summed E-state index contributed by atoms with van der Waals surface area (Å²) in [4.78, 5) is 23.8. The van der Waals surface area contributed by atoms with Gasteiger partial charge in [0.05, 0.1) is 9.40 Å². The van der Waals surface area contributed by atoms with Gasteiger partial charge in [0.2, 0.25) is 5.91 Å². The van der Waals surface area contributed by atoms with E-state index in [4.69, 9.17) is 0 Å². The van der Waals surface area contributed by atoms with E-state index >= 15 is 0 Å². The molecule has 0 N–H and O–H groups in total. The summed E-state index contributed by atoms with van der Waals surface area (Å²) in [7, 11) is 0. The van der Waals surface area contributed by atoms with Crippen LogP contribution in [0.4, 0.5) is 5.69 Å². The van der Waals surface area contributed by atoms with Crippen LogP contribution in [0, 0.1) is 16.0 Å². The smallest absolute Gasteiger partial charge is 0.283 e. The molecule has 1 unspecified atom stereocenters. The molecule has 5 nitrogen and oxygen atoms in total. The first-order chi connectivity index (χ1) is 8.47. The van der Waals surface area contributed by atoms with E-state index in [1.165, 1.54) is 6.07 Å². The van der Waals surface area contributed by atoms with Crippen molar-refractivity contribution in [2.24, 2.45) is 5.92 Å². The second-order valence-electron chi connectivity index (χ2n) is 4.63. The molecular weight excluding hydrogens is 300 g/mol. The lowest BCUT2D eigenvalue weighted by atomic mass is 10.1. The minimum absolute atomic E-state index is 0.0344. The second-order valence-corrected chi connectivity index (χ2v) is 5.48. The molecule has 1 amide bonds. The van der Waals surface area contributed by atoms with Crippen molar-refractivity contribution in [1.29, 1.82) is 0 Å². The van der Waals surface area contributed by atoms with Gasteiger partial charge in [0.15, 0.2) is 0 Å². The SMILES string of the molecule is CC1CC(=O)N(Cc2ccc(Br)c([N+](=O)[O-])c2)C1. The summed E-state index contributed by atoms with van der Waals surface area (Å²) >= 11 is 3.14. The van der Waals surface area contributed by atoms with Gasteiger partial charge < -0.3 is 4.90 Å². The molecule has 0 spiro atoms. The van der Waals surface area contributed by atoms with E-state index in [0.717, 1.165) is 12.1 Å². The Morgan fingerprint density at radius 2 is 2.28 bits per heavy atom. The Morgan fingerprint density at radius 3 is 2.83 bits per heavy atom. The maximum atomic E-state index is 11.7. The third-order valence-electron chi connectivity index (χ3n) is 2.99. The summed E-state index contributed by atoms with van der Waals surface area (Å²) in [6.07, 6.45) is 0.568. The largest absolute Gasteiger partial charge is 0.338 e. The lowest BCUT2D eigenvalue weighted by Gasteiger charge is -2.16. The molecular formula is C12H13BrN2O3. The quantitative estimate of drug-likeness (QED) is 0.636. The molecule has 1 atom stereocenters. The van der Waals surface area contributed by atoms with Crippen molar-refractivity contribution in [3.63, 3.8) is 0 Å². The molecule has 1 aliphatic heterocycles. The fourth-order valence-electron chi connectivity index (χ4n) is 2.14. The van der Waals surface area contributed by atoms with E-state index in [-0.39, 0.29) is 11.6 Å². The number of likely N-dealkylation sites (tertiary alicyclic amines) is 1. The van der Waals surface area contributed by atoms with E-state index in [9.17, 15) is 14.9 Å². The van der Waals surface area contributed by atoms with E-state index in [0.29, 0.717) is 23.4 Å². The Bertz CT molecular complexity index is 504. The van der Waals surface area contributed by atoms with Crippen molar-refractivity contribution in [2.45, 2.75) is 19.9 Å². The van der Waals surface area contributed by atoms with Crippen LogP contribution in [0.1, 0.15) is 18.9 Å². The molecule has 1 aromatic carbocycles. The van der Waals surface area contributed by atoms with Crippen LogP contribution in [0.2, 0.25) is 0 Å². The van der Waals surface area contributed by atoms with Gasteiger partial charge >= 0.3 is 0 Å². The third-order valence-corrected chi connectivity index (χ3v) is 3.66. The van der Waals surface area contributed by atoms with Crippen molar-refractivity contribution in [3.8, 4) is 0 Å². The van der Waals surface area contributed by atoms with E-state index in [1.54, 1.807) is 17.0 Å². The molecule has 0 aliphatic carbocycles. The van der Waals surface area contributed by atoms with Gasteiger partial charge in [-0.25, -0.2) is 0 Å². The Kier molecular flexibility index (Phi) is 3.65. The number of amides is 1. The molecule has 0 radical (unpaired) electrons. The summed E-state index contributed by atoms with van der Waals surface area (Å²) in [5, 5.41) is 10.8. The van der Waals surface area contributed by atoms with Gasteiger partial charge in [0.25, 0.3) is 5.69 Å². The van der Waals surface area contributed by atoms with Crippen LogP contribution in [0.3, 0.4) is 0 Å². The Labute approximate surface area is 113 Å². The van der Waals surface area contributed by atoms with Crippen LogP contribution in [-0.2, 0) is 11.3 Å². The summed E-state index contributed by atoms with van der Waals surface area (Å²) in [5.74, 6) is 0.482. The van der Waals surface area contributed by atoms with Gasteiger partial charge in [-0.1, -0.05) is 13.0 Å². The van der Waals surface area contributed by atoms with Gasteiger partial charge in [0.1, 0.15) is 0 Å². The topological polar surface area (TPSA) is 63.5 Å². The van der Waals surface area contributed by atoms with Crippen LogP contribution < -0.4 is 0 Å². The number of carbonyl (C=O) groups is 1. The van der Waals surface area contributed by atoms with Gasteiger partial charge in [-0.2, -0.15) is 0 Å². The molecule has 1 aliphatic rings. The zero-order valence-electron chi connectivity index (χ0n) is 9.93. The molecule has 6 heteroatoms. The van der Waals surface area contributed by atoms with Gasteiger partial charge in [-0.05, 0) is 33.5 Å². The molecule has 1 saturated heterocycles. The first-order valence-electron chi connectivity index (χ1n) is 5.68. The number of benzene rings is 1. The molecule has 96 valence electrons. The van der Waals surface area contributed by atoms with Gasteiger partial charge in [0, 0.05) is 25.6 Å². The average molecular weight is 313 g/mol. The van der Waals surface area contributed by atoms with Crippen LogP contribution in [0.25, 0.3) is 0 Å². The summed E-state index contributed by atoms with van der Waals surface area (Å²) in [6.45, 7) is 3.20. The number of hydrogen-bond acceptors (Lipinski definition) is 3. The van der Waals surface area contributed by atoms with Crippen LogP contribution in [-0.4, -0.2) is 22.3 Å². The maximum absolute atomic E-state index is 11.7. The number of nitrogens with zero attached hydrogens (tertiary/aromatic N) is 2. The first-order valence-corrected chi connectivity index (χ1v) is 6.47. The van der Waals surface area contributed by atoms with Crippen molar-refractivity contribution < 1.29 is 9.72 Å². The number of nitro benzene ring substituents is 1. The summed E-state index contributed by atoms with van der Waals surface area (Å²) in [5.41, 5.74) is 0.819. The Hall–Kier alpha value is -1.43. The highest BCUT2D eigenvalue weighted by atomic mass is 79.9. The predicted molar refractivity (Wildman–Crippen MR) is 70.0 cm³/mol. The molecule has 1 fully saturated rings. The third kappa shape index (κ3) is 2.69. The molecule has 1 heterocycles. The average Bonchev–Trinajstić information content (AvgIpc) is 2.60. The van der Waals surface area contributed by atoms with Crippen LogP contribution in [0.15, 0.2) is 22.7 Å². The molecule has 0 bridgehead atoms. The number of carbonyl (C=O) groups excluding carboxylic acids is 1. The standard InChI is InChI=1S/C12H13BrN2O3/c1-8-4-12(16)14(6-8)7-9-2-3-10(13)11(5-9)15(17)18/h2-3,5,8H,4,6-7H2,1H3. The zero-order chi connectivity index (χ0) is 13.3. The lowest BCUT2D eigenvalue weighted by Crippen LogP contribution is -2.24. The molecule has 0 aromatic heterocycles. The normalized spacial score (nSPS) is 19.3. The number of nitro groups is 1. The number of hydrogen-bond donors (Lipinski definition) is 0. The fourth-order valence-corrected chi connectivity index (χ4v) is 2.53. The Morgan fingerprint density at radius 1 is 1.56 bits per heavy atom. The maximum Gasteiger partial charge on any atom is 0.283 e. The summed E-state index contributed by atoms with van der Waals surface area (Å²) < 4.78 is 0.456. The van der Waals surface area contributed by atoms with Gasteiger partial charge in [-0.15, -0.1) is 0 Å². The second kappa shape index (κ2) is 5.06. The monoisotopic (exact) mass is 312 g/mol. The minimum Gasteiger partial charge on any atom is -0.338 e. The Balaban J connectivity index is 2.17. The van der Waals surface area contributed by atoms with Crippen molar-refractivity contribution in [3.05, 3.63) is 38.3 Å². The zero-order valence-corrected chi connectivity index (χ0v) is 11.5. The number of halogens is 1. The summed E-state index contributed by atoms with van der Waals surface area (Å²) in [6, 6.07) is 4.96. The van der Waals surface area contributed by atoms with Crippen molar-refractivity contribution >= 4 is 27.5 Å². The van der Waals surface area contributed by atoms with E-state index in [1.807, 2.05) is 6.92 Å². The van der Waals surface area contributed by atoms with Crippen LogP contribution in [0.5, 0.6) is 0 Å². The van der Waals surface area contributed by atoms with Crippen molar-refractivity contribution in [2.75, 3.05) is 6.54 Å². The lowest BCUT2D eigenvalue weighted by molar-refractivity contribution is -0.385. The molecule has 18 heavy (non-hydrogen) atoms. The molecule has 2 rings (SSSR count). The first kappa shape index (κ1) is 13.0. The highest BCUT2D eigenvalue weighted by Gasteiger charge is 2.26. The van der Waals surface area contributed by atoms with Gasteiger partial charge in [-0.3, -0.25) is 14.9 Å². The minimum atomic E-state index is -0.429. The highest BCUT2D eigenvalue weighted by molar-refractivity contribution is 9.10. The van der Waals surface area contributed by atoms with Crippen LogP contribution >= 0.6 is 15.9 Å². The van der Waals surface area contributed by atoms with E-state index < -0.39 is 4.92 Å². The number of rotatable bonds is 3. The molecule has 1 aromatic rings. The fraction of sp³-hybridized carbons (Fsp3) is 0.417. The highest BCUT2D eigenvalue weighted by Crippen LogP contribution is 2.27. The molecule has 0 saturated carbocycles.